The molecule has 0 aromatic carbocycles. The van der Waals surface area contributed by atoms with Crippen LogP contribution in [0.2, 0.25) is 0 Å². The Hall–Kier alpha value is 0.190. The Morgan fingerprint density at radius 1 is 1.11 bits per heavy atom. The van der Waals surface area contributed by atoms with Crippen molar-refractivity contribution in [2.75, 3.05) is 50.8 Å². The molecular weight excluding hydrogens is 246 g/mol. The number of piperazine rings is 1. The van der Waals surface area contributed by atoms with Crippen LogP contribution in [0.25, 0.3) is 0 Å². The van der Waals surface area contributed by atoms with E-state index in [0.29, 0.717) is 12.4 Å². The maximum atomic E-state index is 6.01. The van der Waals surface area contributed by atoms with E-state index in [9.17, 15) is 0 Å². The Balaban J connectivity index is 1.64. The van der Waals surface area contributed by atoms with Gasteiger partial charge in [-0.3, -0.25) is 9.80 Å². The van der Waals surface area contributed by atoms with Gasteiger partial charge in [0.05, 0.1) is 6.17 Å². The van der Waals surface area contributed by atoms with Gasteiger partial charge in [0, 0.05) is 50.8 Å². The second-order valence-electron chi connectivity index (χ2n) is 5.40. The van der Waals surface area contributed by atoms with E-state index in [-0.39, 0.29) is 0 Å². The minimum atomic E-state index is 0.388. The second-order valence-corrected chi connectivity index (χ2v) is 6.55. The standard InChI is InChI=1S/C13H25N3OS/c1-2-9-17-13(3-1)16-8-10-18-11-12(16)15-6-4-14-5-7-15/h12-14H,1-11H2. The molecule has 3 fully saturated rings. The van der Waals surface area contributed by atoms with Crippen LogP contribution in [0.15, 0.2) is 0 Å². The minimum absolute atomic E-state index is 0.388. The fraction of sp³-hybridized carbons (Fsp3) is 1.00. The zero-order valence-electron chi connectivity index (χ0n) is 11.1. The van der Waals surface area contributed by atoms with Crippen LogP contribution in [0, 0.1) is 0 Å². The summed E-state index contributed by atoms with van der Waals surface area (Å²) in [4.78, 5) is 5.29. The molecule has 3 aliphatic heterocycles. The van der Waals surface area contributed by atoms with Crippen molar-refractivity contribution in [1.82, 2.24) is 15.1 Å². The first-order valence-electron chi connectivity index (χ1n) is 7.35. The largest absolute Gasteiger partial charge is 0.363 e. The number of thioether (sulfide) groups is 1. The minimum Gasteiger partial charge on any atom is -0.363 e. The summed E-state index contributed by atoms with van der Waals surface area (Å²) < 4.78 is 6.01. The highest BCUT2D eigenvalue weighted by atomic mass is 32.2. The van der Waals surface area contributed by atoms with Crippen molar-refractivity contribution in [3.63, 3.8) is 0 Å². The number of rotatable bonds is 2. The molecule has 0 aromatic heterocycles. The van der Waals surface area contributed by atoms with Crippen molar-refractivity contribution in [2.45, 2.75) is 31.7 Å². The summed E-state index contributed by atoms with van der Waals surface area (Å²) in [6, 6.07) is 0. The van der Waals surface area contributed by atoms with Crippen LogP contribution in [0.1, 0.15) is 19.3 Å². The molecule has 0 bridgehead atoms. The van der Waals surface area contributed by atoms with Gasteiger partial charge in [-0.2, -0.15) is 11.8 Å². The molecule has 0 aromatic rings. The van der Waals surface area contributed by atoms with Gasteiger partial charge in [-0.25, -0.2) is 0 Å². The number of ether oxygens (including phenoxy) is 1. The van der Waals surface area contributed by atoms with Crippen molar-refractivity contribution in [3.8, 4) is 0 Å². The van der Waals surface area contributed by atoms with E-state index >= 15 is 0 Å². The van der Waals surface area contributed by atoms with Gasteiger partial charge in [0.15, 0.2) is 0 Å². The number of nitrogens with zero attached hydrogens (tertiary/aromatic N) is 2. The van der Waals surface area contributed by atoms with E-state index in [1.54, 1.807) is 0 Å². The molecule has 1 N–H and O–H groups in total. The number of nitrogens with one attached hydrogen (secondary N) is 1. The molecule has 0 amide bonds. The molecular formula is C13H25N3OS. The van der Waals surface area contributed by atoms with Crippen LogP contribution >= 0.6 is 11.8 Å². The van der Waals surface area contributed by atoms with Gasteiger partial charge in [-0.05, 0) is 19.3 Å². The molecule has 104 valence electrons. The Bertz CT molecular complexity index is 229. The van der Waals surface area contributed by atoms with Crippen LogP contribution in [-0.2, 0) is 4.74 Å². The van der Waals surface area contributed by atoms with Crippen LogP contribution in [0.4, 0.5) is 0 Å². The molecule has 3 heterocycles. The van der Waals surface area contributed by atoms with Gasteiger partial charge in [0.2, 0.25) is 0 Å². The lowest BCUT2D eigenvalue weighted by atomic mass is 10.1. The van der Waals surface area contributed by atoms with Crippen molar-refractivity contribution in [2.24, 2.45) is 0 Å². The van der Waals surface area contributed by atoms with Crippen molar-refractivity contribution >= 4 is 11.8 Å². The van der Waals surface area contributed by atoms with Crippen molar-refractivity contribution in [1.29, 1.82) is 0 Å². The summed E-state index contributed by atoms with van der Waals surface area (Å²) in [6.07, 6.45) is 4.81. The second kappa shape index (κ2) is 6.57. The third-order valence-electron chi connectivity index (χ3n) is 4.24. The van der Waals surface area contributed by atoms with E-state index < -0.39 is 0 Å². The Morgan fingerprint density at radius 3 is 2.78 bits per heavy atom. The van der Waals surface area contributed by atoms with Gasteiger partial charge in [-0.15, -0.1) is 0 Å². The van der Waals surface area contributed by atoms with Crippen LogP contribution in [0.5, 0.6) is 0 Å². The summed E-state index contributed by atoms with van der Waals surface area (Å²) >= 11 is 2.11. The Labute approximate surface area is 114 Å². The summed E-state index contributed by atoms with van der Waals surface area (Å²) in [6.45, 7) is 6.82. The monoisotopic (exact) mass is 271 g/mol. The smallest absolute Gasteiger partial charge is 0.111 e. The topological polar surface area (TPSA) is 27.7 Å². The zero-order chi connectivity index (χ0) is 12.2. The number of hydrogen-bond donors (Lipinski definition) is 1. The quantitative estimate of drug-likeness (QED) is 0.802. The first-order valence-corrected chi connectivity index (χ1v) is 8.50. The summed E-state index contributed by atoms with van der Waals surface area (Å²) in [5, 5.41) is 3.45. The molecule has 0 saturated carbocycles. The normalized spacial score (nSPS) is 36.7. The average Bonchev–Trinajstić information content (AvgIpc) is 2.49. The molecule has 0 radical (unpaired) electrons. The summed E-state index contributed by atoms with van der Waals surface area (Å²) in [5.74, 6) is 2.52. The lowest BCUT2D eigenvalue weighted by molar-refractivity contribution is -0.126. The molecule has 3 aliphatic rings. The molecule has 5 heteroatoms. The van der Waals surface area contributed by atoms with E-state index in [1.807, 2.05) is 0 Å². The zero-order valence-corrected chi connectivity index (χ0v) is 12.0. The fourth-order valence-electron chi connectivity index (χ4n) is 3.22. The maximum Gasteiger partial charge on any atom is 0.111 e. The highest BCUT2D eigenvalue weighted by Gasteiger charge is 2.34. The lowest BCUT2D eigenvalue weighted by Crippen LogP contribution is -2.61. The fourth-order valence-corrected chi connectivity index (χ4v) is 4.34. The van der Waals surface area contributed by atoms with Gasteiger partial charge in [0.25, 0.3) is 0 Å². The van der Waals surface area contributed by atoms with Gasteiger partial charge >= 0.3 is 0 Å². The molecule has 3 saturated heterocycles. The number of hydrogen-bond acceptors (Lipinski definition) is 5. The van der Waals surface area contributed by atoms with Crippen LogP contribution in [-0.4, -0.2) is 73.0 Å². The highest BCUT2D eigenvalue weighted by Crippen LogP contribution is 2.26. The van der Waals surface area contributed by atoms with Crippen molar-refractivity contribution < 1.29 is 4.74 Å². The molecule has 2 atom stereocenters. The predicted molar refractivity (Wildman–Crippen MR) is 75.9 cm³/mol. The van der Waals surface area contributed by atoms with Crippen LogP contribution < -0.4 is 5.32 Å². The Kier molecular flexibility index (Phi) is 4.81. The highest BCUT2D eigenvalue weighted by molar-refractivity contribution is 7.99. The average molecular weight is 271 g/mol. The molecule has 18 heavy (non-hydrogen) atoms. The third kappa shape index (κ3) is 3.02. The van der Waals surface area contributed by atoms with Gasteiger partial charge < -0.3 is 10.1 Å². The molecule has 4 nitrogen and oxygen atoms in total. The summed E-state index contributed by atoms with van der Waals surface area (Å²) in [5.41, 5.74) is 0. The molecule has 0 aliphatic carbocycles. The summed E-state index contributed by atoms with van der Waals surface area (Å²) in [7, 11) is 0. The first kappa shape index (κ1) is 13.2. The predicted octanol–water partition coefficient (Wildman–Crippen LogP) is 0.793. The molecule has 3 rings (SSSR count). The van der Waals surface area contributed by atoms with E-state index in [2.05, 4.69) is 26.9 Å². The first-order chi connectivity index (χ1) is 8.95. The van der Waals surface area contributed by atoms with E-state index in [0.717, 1.165) is 19.7 Å². The van der Waals surface area contributed by atoms with Gasteiger partial charge in [-0.1, -0.05) is 0 Å². The Morgan fingerprint density at radius 2 is 2.00 bits per heavy atom. The molecule has 2 unspecified atom stereocenters. The molecule has 0 spiro atoms. The SMILES string of the molecule is C1CCC(N2CCSCC2N2CCNCC2)OC1. The van der Waals surface area contributed by atoms with Gasteiger partial charge in [0.1, 0.15) is 6.23 Å². The maximum absolute atomic E-state index is 6.01. The van der Waals surface area contributed by atoms with E-state index in [1.165, 1.54) is 50.4 Å². The lowest BCUT2D eigenvalue weighted by Gasteiger charge is -2.47. The third-order valence-corrected chi connectivity index (χ3v) is 5.25. The van der Waals surface area contributed by atoms with Crippen LogP contribution in [0.3, 0.4) is 0 Å². The van der Waals surface area contributed by atoms with E-state index in [4.69, 9.17) is 4.74 Å². The van der Waals surface area contributed by atoms with Crippen molar-refractivity contribution in [3.05, 3.63) is 0 Å².